The molecule has 106 valence electrons. The Morgan fingerprint density at radius 2 is 2.15 bits per heavy atom. The molecule has 1 amide bonds. The molecule has 1 saturated heterocycles. The Kier molecular flexibility index (Phi) is 4.41. The van der Waals surface area contributed by atoms with Gasteiger partial charge in [0.2, 0.25) is 5.91 Å². The average molecular weight is 271 g/mol. The van der Waals surface area contributed by atoms with Crippen molar-refractivity contribution in [3.05, 3.63) is 29.8 Å². The van der Waals surface area contributed by atoms with Crippen LogP contribution >= 0.6 is 0 Å². The fraction of sp³-hybridized carbons (Fsp3) is 0.500. The lowest BCUT2D eigenvalue weighted by Gasteiger charge is -2.16. The van der Waals surface area contributed by atoms with Crippen LogP contribution in [0.2, 0.25) is 0 Å². The van der Waals surface area contributed by atoms with E-state index in [0.717, 1.165) is 30.8 Å². The van der Waals surface area contributed by atoms with Crippen LogP contribution in [0.4, 0.5) is 5.69 Å². The highest BCUT2D eigenvalue weighted by Gasteiger charge is 2.20. The van der Waals surface area contributed by atoms with E-state index in [1.54, 1.807) is 0 Å². The molecule has 2 rings (SSSR count). The third-order valence-electron chi connectivity index (χ3n) is 3.81. The Morgan fingerprint density at radius 3 is 2.70 bits per heavy atom. The molecule has 4 nitrogen and oxygen atoms in total. The monoisotopic (exact) mass is 271 g/mol. The van der Waals surface area contributed by atoms with E-state index in [2.05, 4.69) is 16.7 Å². The van der Waals surface area contributed by atoms with Gasteiger partial charge >= 0.3 is 0 Å². The standard InChI is InChI=1S/C16H21N3O/c1-16(2,11-17)13-3-5-14(6-4-13)19-15(20)9-12-7-8-18-10-12/h3-6,12,18H,7-10H2,1-2H3,(H,19,20). The molecule has 0 spiro atoms. The summed E-state index contributed by atoms with van der Waals surface area (Å²) >= 11 is 0. The third-order valence-corrected chi connectivity index (χ3v) is 3.81. The van der Waals surface area contributed by atoms with Crippen LogP contribution in [-0.2, 0) is 10.2 Å². The minimum atomic E-state index is -0.502. The van der Waals surface area contributed by atoms with Crippen LogP contribution in [0.3, 0.4) is 0 Å². The molecule has 0 aromatic heterocycles. The Bertz CT molecular complexity index is 508. The first-order chi connectivity index (χ1) is 9.51. The molecular weight excluding hydrogens is 250 g/mol. The summed E-state index contributed by atoms with van der Waals surface area (Å²) in [6, 6.07) is 9.79. The second-order valence-corrected chi connectivity index (χ2v) is 5.93. The second-order valence-electron chi connectivity index (χ2n) is 5.93. The topological polar surface area (TPSA) is 64.9 Å². The van der Waals surface area contributed by atoms with E-state index in [9.17, 15) is 4.79 Å². The maximum atomic E-state index is 11.9. The van der Waals surface area contributed by atoms with Gasteiger partial charge in [0.1, 0.15) is 0 Å². The zero-order chi connectivity index (χ0) is 14.6. The van der Waals surface area contributed by atoms with Gasteiger partial charge in [0, 0.05) is 12.1 Å². The van der Waals surface area contributed by atoms with Crippen LogP contribution in [-0.4, -0.2) is 19.0 Å². The molecule has 2 N–H and O–H groups in total. The first-order valence-electron chi connectivity index (χ1n) is 7.03. The van der Waals surface area contributed by atoms with Gasteiger partial charge in [-0.25, -0.2) is 0 Å². The smallest absolute Gasteiger partial charge is 0.224 e. The fourth-order valence-electron chi connectivity index (χ4n) is 2.40. The number of benzene rings is 1. The molecule has 1 aromatic rings. The maximum absolute atomic E-state index is 11.9. The second kappa shape index (κ2) is 6.06. The summed E-state index contributed by atoms with van der Waals surface area (Å²) in [5.41, 5.74) is 1.24. The van der Waals surface area contributed by atoms with Crippen molar-refractivity contribution in [3.8, 4) is 6.07 Å². The Hall–Kier alpha value is -1.86. The summed E-state index contributed by atoms with van der Waals surface area (Å²) in [4.78, 5) is 11.9. The lowest BCUT2D eigenvalue weighted by Crippen LogP contribution is -2.18. The van der Waals surface area contributed by atoms with E-state index >= 15 is 0 Å². The molecule has 1 aromatic carbocycles. The van der Waals surface area contributed by atoms with Crippen LogP contribution in [0.1, 0.15) is 32.3 Å². The summed E-state index contributed by atoms with van der Waals surface area (Å²) in [5.74, 6) is 0.512. The molecule has 20 heavy (non-hydrogen) atoms. The quantitative estimate of drug-likeness (QED) is 0.884. The van der Waals surface area contributed by atoms with Crippen LogP contribution in [0.15, 0.2) is 24.3 Å². The predicted molar refractivity (Wildman–Crippen MR) is 79.3 cm³/mol. The summed E-state index contributed by atoms with van der Waals surface area (Å²) in [6.07, 6.45) is 1.64. The normalized spacial score (nSPS) is 18.6. The minimum absolute atomic E-state index is 0.0611. The lowest BCUT2D eigenvalue weighted by atomic mass is 9.86. The number of anilines is 1. The first-order valence-corrected chi connectivity index (χ1v) is 7.03. The number of hydrogen-bond acceptors (Lipinski definition) is 3. The van der Waals surface area contributed by atoms with E-state index < -0.39 is 5.41 Å². The zero-order valence-electron chi connectivity index (χ0n) is 12.1. The van der Waals surface area contributed by atoms with Crippen molar-refractivity contribution >= 4 is 11.6 Å². The molecule has 0 bridgehead atoms. The number of rotatable bonds is 4. The van der Waals surface area contributed by atoms with Crippen molar-refractivity contribution < 1.29 is 4.79 Å². The molecular formula is C16H21N3O. The highest BCUT2D eigenvalue weighted by molar-refractivity contribution is 5.90. The third kappa shape index (κ3) is 3.58. The van der Waals surface area contributed by atoms with E-state index in [0.29, 0.717) is 12.3 Å². The Labute approximate surface area is 120 Å². The number of nitrogens with one attached hydrogen (secondary N) is 2. The van der Waals surface area contributed by atoms with E-state index in [1.807, 2.05) is 38.1 Å². The molecule has 0 radical (unpaired) electrons. The molecule has 1 atom stereocenters. The van der Waals surface area contributed by atoms with Gasteiger partial charge in [-0.15, -0.1) is 0 Å². The summed E-state index contributed by atoms with van der Waals surface area (Å²) in [6.45, 7) is 5.71. The van der Waals surface area contributed by atoms with Crippen molar-refractivity contribution in [2.45, 2.75) is 32.1 Å². The number of hydrogen-bond donors (Lipinski definition) is 2. The number of carbonyl (C=O) groups excluding carboxylic acids is 1. The number of nitriles is 1. The van der Waals surface area contributed by atoms with Crippen LogP contribution in [0, 0.1) is 17.2 Å². The molecule has 1 heterocycles. The predicted octanol–water partition coefficient (Wildman–Crippen LogP) is 2.43. The Morgan fingerprint density at radius 1 is 1.45 bits per heavy atom. The van der Waals surface area contributed by atoms with Gasteiger partial charge in [-0.1, -0.05) is 12.1 Å². The molecule has 1 fully saturated rings. The van der Waals surface area contributed by atoms with Gasteiger partial charge < -0.3 is 10.6 Å². The van der Waals surface area contributed by atoms with Crippen LogP contribution < -0.4 is 10.6 Å². The molecule has 1 aliphatic rings. The SMILES string of the molecule is CC(C)(C#N)c1ccc(NC(=O)CC2CCNC2)cc1. The van der Waals surface area contributed by atoms with Crippen molar-refractivity contribution in [2.75, 3.05) is 18.4 Å². The van der Waals surface area contributed by atoms with Gasteiger partial charge in [-0.3, -0.25) is 4.79 Å². The number of carbonyl (C=O) groups is 1. The van der Waals surface area contributed by atoms with Gasteiger partial charge in [-0.2, -0.15) is 5.26 Å². The highest BCUT2D eigenvalue weighted by atomic mass is 16.1. The van der Waals surface area contributed by atoms with Gasteiger partial charge in [0.25, 0.3) is 0 Å². The Balaban J connectivity index is 1.93. The lowest BCUT2D eigenvalue weighted by molar-refractivity contribution is -0.116. The van der Waals surface area contributed by atoms with Crippen molar-refractivity contribution in [2.24, 2.45) is 5.92 Å². The number of nitrogens with zero attached hydrogens (tertiary/aromatic N) is 1. The van der Waals surface area contributed by atoms with Crippen LogP contribution in [0.5, 0.6) is 0 Å². The molecule has 0 aliphatic carbocycles. The van der Waals surface area contributed by atoms with Gasteiger partial charge in [0.15, 0.2) is 0 Å². The molecule has 1 aliphatic heterocycles. The summed E-state index contributed by atoms with van der Waals surface area (Å²) in [5, 5.41) is 15.3. The van der Waals surface area contributed by atoms with Crippen molar-refractivity contribution in [1.29, 1.82) is 5.26 Å². The zero-order valence-corrected chi connectivity index (χ0v) is 12.1. The minimum Gasteiger partial charge on any atom is -0.326 e. The molecule has 0 saturated carbocycles. The fourth-order valence-corrected chi connectivity index (χ4v) is 2.40. The maximum Gasteiger partial charge on any atom is 0.224 e. The van der Waals surface area contributed by atoms with Crippen LogP contribution in [0.25, 0.3) is 0 Å². The average Bonchev–Trinajstić information content (AvgIpc) is 2.92. The molecule has 1 unspecified atom stereocenters. The van der Waals surface area contributed by atoms with E-state index in [1.165, 1.54) is 0 Å². The summed E-state index contributed by atoms with van der Waals surface area (Å²) in [7, 11) is 0. The van der Waals surface area contributed by atoms with Gasteiger partial charge in [-0.05, 0) is 57.0 Å². The first kappa shape index (κ1) is 14.5. The highest BCUT2D eigenvalue weighted by Crippen LogP contribution is 2.23. The summed E-state index contributed by atoms with van der Waals surface area (Å²) < 4.78 is 0. The van der Waals surface area contributed by atoms with E-state index in [-0.39, 0.29) is 5.91 Å². The van der Waals surface area contributed by atoms with Gasteiger partial charge in [0.05, 0.1) is 11.5 Å². The largest absolute Gasteiger partial charge is 0.326 e. The molecule has 4 heteroatoms. The van der Waals surface area contributed by atoms with Crippen molar-refractivity contribution in [3.63, 3.8) is 0 Å². The number of amides is 1. The van der Waals surface area contributed by atoms with E-state index in [4.69, 9.17) is 5.26 Å². The van der Waals surface area contributed by atoms with Crippen molar-refractivity contribution in [1.82, 2.24) is 5.32 Å².